The predicted molar refractivity (Wildman–Crippen MR) is 87.4 cm³/mol. The molecule has 3 N–H and O–H groups in total. The maximum atomic E-state index is 12.5. The highest BCUT2D eigenvalue weighted by molar-refractivity contribution is 7.89. The topological polar surface area (TPSA) is 95.5 Å². The van der Waals surface area contributed by atoms with Gasteiger partial charge in [0.25, 0.3) is 0 Å². The Morgan fingerprint density at radius 3 is 2.54 bits per heavy atom. The molecule has 0 aromatic carbocycles. The summed E-state index contributed by atoms with van der Waals surface area (Å²) in [4.78, 5) is 7.62. The molecule has 0 saturated heterocycles. The molecule has 24 heavy (non-hydrogen) atoms. The number of hydrogen-bond acceptors (Lipinski definition) is 5. The van der Waals surface area contributed by atoms with Gasteiger partial charge in [-0.3, -0.25) is 0 Å². The first-order valence-electron chi connectivity index (χ1n) is 7.19. The molecule has 12 heteroatoms. The number of halogens is 3. The number of aromatic nitrogens is 1. The Hall–Kier alpha value is -1.40. The van der Waals surface area contributed by atoms with E-state index in [9.17, 15) is 21.6 Å². The molecule has 0 aliphatic heterocycles. The molecule has 0 spiro atoms. The van der Waals surface area contributed by atoms with E-state index in [-0.39, 0.29) is 30.4 Å². The third-order valence-corrected chi connectivity index (χ3v) is 4.92. The lowest BCUT2D eigenvalue weighted by Gasteiger charge is -2.11. The van der Waals surface area contributed by atoms with Gasteiger partial charge in [-0.2, -0.15) is 13.2 Å². The van der Waals surface area contributed by atoms with Crippen LogP contribution >= 0.6 is 11.3 Å². The number of guanidine groups is 1. The van der Waals surface area contributed by atoms with Gasteiger partial charge < -0.3 is 10.6 Å². The third-order valence-electron chi connectivity index (χ3n) is 2.68. The van der Waals surface area contributed by atoms with Crippen LogP contribution in [0.3, 0.4) is 0 Å². The summed E-state index contributed by atoms with van der Waals surface area (Å²) in [6, 6.07) is 0. The molecular formula is C12H20F3N5O2S2. The van der Waals surface area contributed by atoms with Crippen molar-refractivity contribution in [3.63, 3.8) is 0 Å². The number of thiazole rings is 1. The second-order valence-electron chi connectivity index (χ2n) is 4.54. The Bertz CT molecular complexity index is 643. The highest BCUT2D eigenvalue weighted by Gasteiger charge is 2.33. The van der Waals surface area contributed by atoms with E-state index < -0.39 is 21.9 Å². The molecule has 0 saturated carbocycles. The zero-order chi connectivity index (χ0) is 18.2. The van der Waals surface area contributed by atoms with Gasteiger partial charge in [-0.1, -0.05) is 0 Å². The van der Waals surface area contributed by atoms with Crippen LogP contribution in [-0.2, 0) is 22.7 Å². The fourth-order valence-corrected chi connectivity index (χ4v) is 2.83. The van der Waals surface area contributed by atoms with E-state index in [1.807, 2.05) is 6.92 Å². The molecule has 0 fully saturated rings. The molecule has 1 rings (SSSR count). The Balaban J connectivity index is 2.55. The second-order valence-corrected chi connectivity index (χ2v) is 7.58. The van der Waals surface area contributed by atoms with Gasteiger partial charge in [0.2, 0.25) is 10.0 Å². The van der Waals surface area contributed by atoms with Crippen molar-refractivity contribution in [1.29, 1.82) is 0 Å². The molecule has 0 bridgehead atoms. The molecule has 0 aliphatic carbocycles. The van der Waals surface area contributed by atoms with Crippen LogP contribution in [0.2, 0.25) is 0 Å². The quantitative estimate of drug-likeness (QED) is 0.353. The number of nitrogens with one attached hydrogen (secondary N) is 3. The van der Waals surface area contributed by atoms with Crippen LogP contribution in [0.4, 0.5) is 13.2 Å². The fraction of sp³-hybridized carbons (Fsp3) is 0.667. The van der Waals surface area contributed by atoms with E-state index in [0.29, 0.717) is 12.5 Å². The van der Waals surface area contributed by atoms with Gasteiger partial charge in [-0.25, -0.2) is 23.1 Å². The maximum Gasteiger partial charge on any atom is 0.434 e. The average molecular weight is 387 g/mol. The number of hydrogen-bond donors (Lipinski definition) is 3. The van der Waals surface area contributed by atoms with E-state index in [1.165, 1.54) is 6.92 Å². The van der Waals surface area contributed by atoms with E-state index >= 15 is 0 Å². The number of nitrogens with zero attached hydrogens (tertiary/aromatic N) is 2. The van der Waals surface area contributed by atoms with Gasteiger partial charge in [0, 0.05) is 25.0 Å². The van der Waals surface area contributed by atoms with E-state index in [1.54, 1.807) is 0 Å². The van der Waals surface area contributed by atoms with Crippen molar-refractivity contribution in [2.75, 3.05) is 25.4 Å². The van der Waals surface area contributed by atoms with Gasteiger partial charge in [-0.05, 0) is 13.8 Å². The predicted octanol–water partition coefficient (Wildman–Crippen LogP) is 1.16. The molecular weight excluding hydrogens is 367 g/mol. The van der Waals surface area contributed by atoms with Crippen molar-refractivity contribution < 1.29 is 21.6 Å². The van der Waals surface area contributed by atoms with Crippen LogP contribution in [0.15, 0.2) is 10.4 Å². The molecule has 0 radical (unpaired) electrons. The van der Waals surface area contributed by atoms with E-state index in [2.05, 4.69) is 25.3 Å². The van der Waals surface area contributed by atoms with Crippen LogP contribution in [0, 0.1) is 0 Å². The fourth-order valence-electron chi connectivity index (χ4n) is 1.49. The standard InChI is InChI=1S/C12H20F3N5O2S2/c1-3-16-11(17-5-6-19-24(21,22)4-2)18-7-10-20-9(8-23-10)12(13,14)15/h8,19H,3-7H2,1-2H3,(H2,16,17,18). The van der Waals surface area contributed by atoms with Crippen LogP contribution < -0.4 is 15.4 Å². The lowest BCUT2D eigenvalue weighted by Crippen LogP contribution is -2.41. The monoisotopic (exact) mass is 387 g/mol. The minimum Gasteiger partial charge on any atom is -0.357 e. The molecule has 138 valence electrons. The summed E-state index contributed by atoms with van der Waals surface area (Å²) < 4.78 is 62.4. The first-order valence-corrected chi connectivity index (χ1v) is 9.72. The molecule has 1 aromatic heterocycles. The molecule has 0 unspecified atom stereocenters. The summed E-state index contributed by atoms with van der Waals surface area (Å²) in [6.07, 6.45) is -4.46. The normalized spacial score (nSPS) is 13.1. The highest BCUT2D eigenvalue weighted by atomic mass is 32.2. The first-order chi connectivity index (χ1) is 11.2. The Morgan fingerprint density at radius 1 is 1.29 bits per heavy atom. The average Bonchev–Trinajstić information content (AvgIpc) is 2.98. The smallest absolute Gasteiger partial charge is 0.357 e. The van der Waals surface area contributed by atoms with Crippen molar-refractivity contribution in [3.05, 3.63) is 16.1 Å². The third kappa shape index (κ3) is 7.45. The largest absolute Gasteiger partial charge is 0.434 e. The first kappa shape index (κ1) is 20.6. The number of sulfonamides is 1. The van der Waals surface area contributed by atoms with Gasteiger partial charge in [0.15, 0.2) is 11.7 Å². The number of rotatable bonds is 8. The molecule has 7 nitrogen and oxygen atoms in total. The van der Waals surface area contributed by atoms with E-state index in [0.717, 1.165) is 16.7 Å². The van der Waals surface area contributed by atoms with Crippen molar-refractivity contribution >= 4 is 27.3 Å². The van der Waals surface area contributed by atoms with Crippen molar-refractivity contribution in [2.45, 2.75) is 26.6 Å². The van der Waals surface area contributed by atoms with Crippen LogP contribution in [0.1, 0.15) is 24.5 Å². The Morgan fingerprint density at radius 2 is 2.00 bits per heavy atom. The van der Waals surface area contributed by atoms with Crippen LogP contribution in [0.25, 0.3) is 0 Å². The maximum absolute atomic E-state index is 12.5. The van der Waals surface area contributed by atoms with Gasteiger partial charge in [-0.15, -0.1) is 11.3 Å². The number of alkyl halides is 3. The molecule has 1 aromatic rings. The summed E-state index contributed by atoms with van der Waals surface area (Å²) in [5, 5.41) is 7.00. The highest BCUT2D eigenvalue weighted by Crippen LogP contribution is 2.30. The summed E-state index contributed by atoms with van der Waals surface area (Å²) in [5.74, 6) is 0.365. The Kier molecular flexibility index (Phi) is 7.90. The van der Waals surface area contributed by atoms with Crippen molar-refractivity contribution in [1.82, 2.24) is 20.3 Å². The Labute approximate surface area is 142 Å². The van der Waals surface area contributed by atoms with Crippen molar-refractivity contribution in [3.8, 4) is 0 Å². The lowest BCUT2D eigenvalue weighted by atomic mass is 10.5. The lowest BCUT2D eigenvalue weighted by molar-refractivity contribution is -0.140. The van der Waals surface area contributed by atoms with Gasteiger partial charge >= 0.3 is 6.18 Å². The second kappa shape index (κ2) is 9.18. The summed E-state index contributed by atoms with van der Waals surface area (Å²) >= 11 is 0.886. The summed E-state index contributed by atoms with van der Waals surface area (Å²) in [7, 11) is -3.26. The molecule has 1 heterocycles. The van der Waals surface area contributed by atoms with Crippen molar-refractivity contribution in [2.24, 2.45) is 4.99 Å². The van der Waals surface area contributed by atoms with Gasteiger partial charge in [0.1, 0.15) is 5.01 Å². The minimum absolute atomic E-state index is 0.00321. The molecule has 0 aliphatic rings. The number of aliphatic imine (C=N–C) groups is 1. The summed E-state index contributed by atoms with van der Waals surface area (Å²) in [6.45, 7) is 4.38. The van der Waals surface area contributed by atoms with Gasteiger partial charge in [0.05, 0.1) is 12.3 Å². The summed E-state index contributed by atoms with van der Waals surface area (Å²) in [5.41, 5.74) is -0.926. The minimum atomic E-state index is -4.46. The van der Waals surface area contributed by atoms with Crippen LogP contribution in [0.5, 0.6) is 0 Å². The van der Waals surface area contributed by atoms with Crippen LogP contribution in [-0.4, -0.2) is 44.7 Å². The molecule has 0 atom stereocenters. The SMILES string of the molecule is CCNC(=NCc1nc(C(F)(F)F)cs1)NCCNS(=O)(=O)CC. The molecule has 0 amide bonds. The zero-order valence-electron chi connectivity index (χ0n) is 13.3. The zero-order valence-corrected chi connectivity index (χ0v) is 14.9. The van der Waals surface area contributed by atoms with E-state index in [4.69, 9.17) is 0 Å².